The van der Waals surface area contributed by atoms with Gasteiger partial charge in [-0.2, -0.15) is 0 Å². The van der Waals surface area contributed by atoms with Crippen LogP contribution in [0.4, 0.5) is 0 Å². The lowest BCUT2D eigenvalue weighted by atomic mass is 9.94. The van der Waals surface area contributed by atoms with Crippen LogP contribution in [0.15, 0.2) is 30.3 Å². The lowest BCUT2D eigenvalue weighted by Gasteiger charge is -2.40. The molecule has 5 heteroatoms. The first kappa shape index (κ1) is 18.5. The Morgan fingerprint density at radius 2 is 1.74 bits per heavy atom. The molecule has 2 heterocycles. The first-order valence-electron chi connectivity index (χ1n) is 10.5. The Hall–Kier alpha value is -1.88. The van der Waals surface area contributed by atoms with Gasteiger partial charge in [-0.25, -0.2) is 0 Å². The van der Waals surface area contributed by atoms with Crippen LogP contribution in [0.2, 0.25) is 0 Å². The largest absolute Gasteiger partial charge is 0.339 e. The summed E-state index contributed by atoms with van der Waals surface area (Å²) >= 11 is 0. The summed E-state index contributed by atoms with van der Waals surface area (Å²) in [7, 11) is 2.13. The normalized spacial score (nSPS) is 28.0. The maximum Gasteiger partial charge on any atom is 0.228 e. The molecule has 27 heavy (non-hydrogen) atoms. The third-order valence-corrected chi connectivity index (χ3v) is 6.67. The SMILES string of the molecule is CN1CCN(C(=O)C2CC(=O)N(C3CCCCC3)C2)CC1c1ccccc1. The van der Waals surface area contributed by atoms with Crippen molar-refractivity contribution in [2.24, 2.45) is 5.92 Å². The van der Waals surface area contributed by atoms with E-state index in [1.165, 1.54) is 24.8 Å². The highest BCUT2D eigenvalue weighted by Crippen LogP contribution is 2.31. The van der Waals surface area contributed by atoms with Crippen LogP contribution in [-0.2, 0) is 9.59 Å². The van der Waals surface area contributed by atoms with Gasteiger partial charge >= 0.3 is 0 Å². The van der Waals surface area contributed by atoms with E-state index in [9.17, 15) is 9.59 Å². The van der Waals surface area contributed by atoms with Crippen molar-refractivity contribution in [1.82, 2.24) is 14.7 Å². The quantitative estimate of drug-likeness (QED) is 0.823. The molecule has 0 N–H and O–H groups in total. The number of carbonyl (C=O) groups excluding carboxylic acids is 2. The number of piperazine rings is 1. The molecule has 2 unspecified atom stereocenters. The summed E-state index contributed by atoms with van der Waals surface area (Å²) in [6.07, 6.45) is 6.32. The Morgan fingerprint density at radius 1 is 1.00 bits per heavy atom. The van der Waals surface area contributed by atoms with Crippen LogP contribution in [-0.4, -0.2) is 65.8 Å². The molecule has 146 valence electrons. The summed E-state index contributed by atoms with van der Waals surface area (Å²) in [6.45, 7) is 2.98. The Balaban J connectivity index is 1.41. The molecule has 2 aliphatic heterocycles. The number of nitrogens with zero attached hydrogens (tertiary/aromatic N) is 3. The van der Waals surface area contributed by atoms with Gasteiger partial charge < -0.3 is 9.80 Å². The van der Waals surface area contributed by atoms with E-state index in [1.54, 1.807) is 0 Å². The molecule has 1 aromatic rings. The van der Waals surface area contributed by atoms with Crippen LogP contribution in [0.3, 0.4) is 0 Å². The Kier molecular flexibility index (Phi) is 5.48. The van der Waals surface area contributed by atoms with Gasteiger partial charge in [0, 0.05) is 38.6 Å². The molecule has 4 rings (SSSR count). The van der Waals surface area contributed by atoms with Crippen molar-refractivity contribution in [2.45, 2.75) is 50.6 Å². The van der Waals surface area contributed by atoms with Gasteiger partial charge in [-0.1, -0.05) is 49.6 Å². The van der Waals surface area contributed by atoms with Crippen LogP contribution in [0.1, 0.15) is 50.1 Å². The number of carbonyl (C=O) groups is 2. The zero-order valence-electron chi connectivity index (χ0n) is 16.3. The minimum absolute atomic E-state index is 0.153. The van der Waals surface area contributed by atoms with Gasteiger partial charge in [0.15, 0.2) is 0 Å². The first-order chi connectivity index (χ1) is 13.1. The first-order valence-corrected chi connectivity index (χ1v) is 10.5. The minimum atomic E-state index is -0.153. The molecule has 2 atom stereocenters. The van der Waals surface area contributed by atoms with Gasteiger partial charge in [-0.15, -0.1) is 0 Å². The molecule has 1 saturated carbocycles. The molecule has 2 saturated heterocycles. The maximum atomic E-state index is 13.2. The molecule has 2 amide bonds. The van der Waals surface area contributed by atoms with Crippen molar-refractivity contribution in [2.75, 3.05) is 33.2 Å². The summed E-state index contributed by atoms with van der Waals surface area (Å²) in [4.78, 5) is 32.1. The number of hydrogen-bond acceptors (Lipinski definition) is 3. The van der Waals surface area contributed by atoms with Gasteiger partial charge in [0.2, 0.25) is 11.8 Å². The van der Waals surface area contributed by atoms with Crippen molar-refractivity contribution in [1.29, 1.82) is 0 Å². The van der Waals surface area contributed by atoms with E-state index in [4.69, 9.17) is 0 Å². The molecular weight excluding hydrogens is 338 g/mol. The minimum Gasteiger partial charge on any atom is -0.339 e. The van der Waals surface area contributed by atoms with E-state index in [-0.39, 0.29) is 23.8 Å². The van der Waals surface area contributed by atoms with E-state index in [1.807, 2.05) is 15.9 Å². The predicted octanol–water partition coefficient (Wildman–Crippen LogP) is 2.68. The van der Waals surface area contributed by atoms with E-state index in [0.29, 0.717) is 25.6 Å². The van der Waals surface area contributed by atoms with Crippen molar-refractivity contribution in [3.8, 4) is 0 Å². The smallest absolute Gasteiger partial charge is 0.228 e. The van der Waals surface area contributed by atoms with Gasteiger partial charge in [-0.05, 0) is 25.5 Å². The van der Waals surface area contributed by atoms with Gasteiger partial charge in [0.1, 0.15) is 0 Å². The van der Waals surface area contributed by atoms with Crippen LogP contribution < -0.4 is 0 Å². The summed E-state index contributed by atoms with van der Waals surface area (Å²) in [5, 5.41) is 0. The van der Waals surface area contributed by atoms with Crippen molar-refractivity contribution in [3.63, 3.8) is 0 Å². The second-order valence-corrected chi connectivity index (χ2v) is 8.43. The summed E-state index contributed by atoms with van der Waals surface area (Å²) < 4.78 is 0. The third kappa shape index (κ3) is 3.88. The van der Waals surface area contributed by atoms with E-state index >= 15 is 0 Å². The van der Waals surface area contributed by atoms with E-state index < -0.39 is 0 Å². The molecular formula is C22H31N3O2. The van der Waals surface area contributed by atoms with Crippen molar-refractivity contribution < 1.29 is 9.59 Å². The Morgan fingerprint density at radius 3 is 2.48 bits per heavy atom. The summed E-state index contributed by atoms with van der Waals surface area (Å²) in [5.41, 5.74) is 1.25. The lowest BCUT2D eigenvalue weighted by molar-refractivity contribution is -0.138. The van der Waals surface area contributed by atoms with Crippen LogP contribution in [0, 0.1) is 5.92 Å². The van der Waals surface area contributed by atoms with Crippen LogP contribution >= 0.6 is 0 Å². The standard InChI is InChI=1S/C22H31N3O2/c1-23-12-13-24(16-20(23)17-8-4-2-5-9-17)22(27)18-14-21(26)25(15-18)19-10-6-3-7-11-19/h2,4-5,8-9,18-20H,3,6-7,10-16H2,1H3. The highest BCUT2D eigenvalue weighted by Gasteiger charge is 2.41. The number of likely N-dealkylation sites (N-methyl/N-ethyl adjacent to an activating group) is 1. The number of hydrogen-bond donors (Lipinski definition) is 0. The van der Waals surface area contributed by atoms with Crippen molar-refractivity contribution in [3.05, 3.63) is 35.9 Å². The fourth-order valence-corrected chi connectivity index (χ4v) is 5.01. The molecule has 0 aromatic heterocycles. The number of amides is 2. The number of benzene rings is 1. The van der Waals surface area contributed by atoms with Gasteiger partial charge in [-0.3, -0.25) is 14.5 Å². The van der Waals surface area contributed by atoms with E-state index in [0.717, 1.165) is 25.9 Å². The second-order valence-electron chi connectivity index (χ2n) is 8.43. The maximum absolute atomic E-state index is 13.2. The zero-order valence-corrected chi connectivity index (χ0v) is 16.3. The molecule has 1 aliphatic carbocycles. The molecule has 5 nitrogen and oxygen atoms in total. The fourth-order valence-electron chi connectivity index (χ4n) is 5.01. The lowest BCUT2D eigenvalue weighted by Crippen LogP contribution is -2.51. The average molecular weight is 370 g/mol. The number of rotatable bonds is 3. The third-order valence-electron chi connectivity index (χ3n) is 6.67. The average Bonchev–Trinajstić information content (AvgIpc) is 3.11. The number of likely N-dealkylation sites (tertiary alicyclic amines) is 1. The predicted molar refractivity (Wildman–Crippen MR) is 105 cm³/mol. The van der Waals surface area contributed by atoms with Crippen LogP contribution in [0.5, 0.6) is 0 Å². The Labute approximate surface area is 162 Å². The summed E-state index contributed by atoms with van der Waals surface area (Å²) in [6, 6.07) is 11.0. The molecule has 3 aliphatic rings. The molecule has 3 fully saturated rings. The zero-order chi connectivity index (χ0) is 18.8. The molecule has 0 spiro atoms. The molecule has 1 aromatic carbocycles. The Bertz CT molecular complexity index is 671. The highest BCUT2D eigenvalue weighted by molar-refractivity contribution is 5.89. The second kappa shape index (κ2) is 8.01. The monoisotopic (exact) mass is 369 g/mol. The highest BCUT2D eigenvalue weighted by atomic mass is 16.2. The topological polar surface area (TPSA) is 43.9 Å². The summed E-state index contributed by atoms with van der Waals surface area (Å²) in [5.74, 6) is 0.212. The van der Waals surface area contributed by atoms with Gasteiger partial charge in [0.25, 0.3) is 0 Å². The van der Waals surface area contributed by atoms with Gasteiger partial charge in [0.05, 0.1) is 12.0 Å². The van der Waals surface area contributed by atoms with Crippen LogP contribution in [0.25, 0.3) is 0 Å². The molecule has 0 bridgehead atoms. The van der Waals surface area contributed by atoms with E-state index in [2.05, 4.69) is 36.2 Å². The van der Waals surface area contributed by atoms with Crippen molar-refractivity contribution >= 4 is 11.8 Å². The fraction of sp³-hybridized carbons (Fsp3) is 0.636. The molecule has 0 radical (unpaired) electrons.